The van der Waals surface area contributed by atoms with Crippen LogP contribution in [0.15, 0.2) is 59.5 Å². The maximum absolute atomic E-state index is 12.9. The highest BCUT2D eigenvalue weighted by atomic mass is 35.5. The molecule has 12 heteroatoms. The molecule has 0 radical (unpaired) electrons. The smallest absolute Gasteiger partial charge is 0.293 e. The Morgan fingerprint density at radius 1 is 0.974 bits per heavy atom. The highest BCUT2D eigenvalue weighted by Crippen LogP contribution is 2.39. The van der Waals surface area contributed by atoms with E-state index in [1.807, 2.05) is 0 Å². The number of nitrogens with zero attached hydrogens (tertiary/aromatic N) is 1. The third kappa shape index (κ3) is 6.57. The highest BCUT2D eigenvalue weighted by Gasteiger charge is 2.35. The molecule has 3 amide bonds. The first kappa shape index (κ1) is 28.1. The van der Waals surface area contributed by atoms with Crippen molar-refractivity contribution in [3.8, 4) is 11.5 Å². The second-order valence-corrected chi connectivity index (χ2v) is 10.5. The lowest BCUT2D eigenvalue weighted by Gasteiger charge is -2.14. The summed E-state index contributed by atoms with van der Waals surface area (Å²) in [6, 6.07) is 14.8. The predicted octanol–water partition coefficient (Wildman–Crippen LogP) is 7.56. The van der Waals surface area contributed by atoms with Crippen LogP contribution in [0, 0.1) is 0 Å². The SMILES string of the molecule is COc1cc(/C=C2\SC(=O)N(Cc3ccc(Cl)c(Cl)c3)C2=O)cc(Cl)c1OCC(=O)Nc1ccccc1Cl. The number of benzene rings is 3. The maximum Gasteiger partial charge on any atom is 0.293 e. The van der Waals surface area contributed by atoms with E-state index in [-0.39, 0.29) is 34.6 Å². The molecular formula is C26H18Cl4N2O5S. The van der Waals surface area contributed by atoms with Crippen molar-refractivity contribution < 1.29 is 23.9 Å². The molecule has 0 atom stereocenters. The van der Waals surface area contributed by atoms with Crippen LogP contribution < -0.4 is 14.8 Å². The molecular weight excluding hydrogens is 594 g/mol. The fourth-order valence-corrected chi connectivity index (χ4v) is 5.07. The molecule has 0 bridgehead atoms. The molecule has 0 unspecified atom stereocenters. The minimum Gasteiger partial charge on any atom is -0.493 e. The number of hydrogen-bond acceptors (Lipinski definition) is 6. The van der Waals surface area contributed by atoms with E-state index < -0.39 is 17.1 Å². The number of para-hydroxylation sites is 1. The number of carbonyl (C=O) groups excluding carboxylic acids is 3. The summed E-state index contributed by atoms with van der Waals surface area (Å²) in [5.74, 6) is -0.522. The van der Waals surface area contributed by atoms with Crippen LogP contribution in [-0.4, -0.2) is 35.7 Å². The number of anilines is 1. The predicted molar refractivity (Wildman–Crippen MR) is 152 cm³/mol. The summed E-state index contributed by atoms with van der Waals surface area (Å²) in [4.78, 5) is 39.1. The molecule has 4 rings (SSSR count). The molecule has 0 aliphatic carbocycles. The number of methoxy groups -OCH3 is 1. The van der Waals surface area contributed by atoms with Gasteiger partial charge in [0.05, 0.1) is 44.3 Å². The quantitative estimate of drug-likeness (QED) is 0.265. The molecule has 0 aromatic heterocycles. The van der Waals surface area contributed by atoms with Crippen molar-refractivity contribution in [2.24, 2.45) is 0 Å². The van der Waals surface area contributed by atoms with Crippen molar-refractivity contribution in [1.29, 1.82) is 0 Å². The lowest BCUT2D eigenvalue weighted by Crippen LogP contribution is -2.27. The molecule has 1 N–H and O–H groups in total. The number of ether oxygens (including phenoxy) is 2. The first-order chi connectivity index (χ1) is 18.2. The monoisotopic (exact) mass is 610 g/mol. The van der Waals surface area contributed by atoms with Gasteiger partial charge in [0.2, 0.25) is 0 Å². The van der Waals surface area contributed by atoms with Gasteiger partial charge in [-0.3, -0.25) is 19.3 Å². The summed E-state index contributed by atoms with van der Waals surface area (Å²) in [5.41, 5.74) is 1.61. The topological polar surface area (TPSA) is 84.9 Å². The van der Waals surface area contributed by atoms with Gasteiger partial charge in [-0.2, -0.15) is 0 Å². The number of amides is 3. The van der Waals surface area contributed by atoms with Crippen molar-refractivity contribution in [2.45, 2.75) is 6.54 Å². The van der Waals surface area contributed by atoms with Crippen LogP contribution in [0.5, 0.6) is 11.5 Å². The van der Waals surface area contributed by atoms with Crippen LogP contribution in [0.1, 0.15) is 11.1 Å². The first-order valence-corrected chi connectivity index (χ1v) is 13.2. The molecule has 7 nitrogen and oxygen atoms in total. The molecule has 0 spiro atoms. The van der Waals surface area contributed by atoms with E-state index >= 15 is 0 Å². The van der Waals surface area contributed by atoms with E-state index in [1.54, 1.807) is 54.6 Å². The zero-order chi connectivity index (χ0) is 27.4. The van der Waals surface area contributed by atoms with Crippen molar-refractivity contribution >= 4 is 87.0 Å². The molecule has 3 aromatic rings. The zero-order valence-corrected chi connectivity index (χ0v) is 23.4. The van der Waals surface area contributed by atoms with Gasteiger partial charge >= 0.3 is 0 Å². The average molecular weight is 612 g/mol. The molecule has 1 fully saturated rings. The molecule has 196 valence electrons. The molecule has 38 heavy (non-hydrogen) atoms. The largest absolute Gasteiger partial charge is 0.493 e. The van der Waals surface area contributed by atoms with Crippen LogP contribution >= 0.6 is 58.2 Å². The van der Waals surface area contributed by atoms with Gasteiger partial charge in [-0.1, -0.05) is 64.6 Å². The summed E-state index contributed by atoms with van der Waals surface area (Å²) in [6.07, 6.45) is 1.53. The molecule has 1 aliphatic heterocycles. The van der Waals surface area contributed by atoms with Crippen LogP contribution in [0.4, 0.5) is 10.5 Å². The second kappa shape index (κ2) is 12.3. The Balaban J connectivity index is 1.47. The number of halogens is 4. The Bertz CT molecular complexity index is 1460. The maximum atomic E-state index is 12.9. The fourth-order valence-electron chi connectivity index (χ4n) is 3.46. The highest BCUT2D eigenvalue weighted by molar-refractivity contribution is 8.18. The van der Waals surface area contributed by atoms with Crippen molar-refractivity contribution in [1.82, 2.24) is 4.90 Å². The van der Waals surface area contributed by atoms with Crippen molar-refractivity contribution in [2.75, 3.05) is 19.0 Å². The number of hydrogen-bond donors (Lipinski definition) is 1. The van der Waals surface area contributed by atoms with Gasteiger partial charge in [0.1, 0.15) is 0 Å². The second-order valence-electron chi connectivity index (χ2n) is 7.87. The molecule has 1 saturated heterocycles. The number of rotatable bonds is 8. The summed E-state index contributed by atoms with van der Waals surface area (Å²) < 4.78 is 11.0. The van der Waals surface area contributed by atoms with Crippen molar-refractivity contribution in [3.05, 3.63) is 90.7 Å². The standard InChI is InChI=1S/C26H18Cl4N2O5S/c1-36-21-10-15(9-19(30)24(21)37-13-23(33)31-20-5-3-2-4-17(20)28)11-22-25(34)32(26(35)38-22)12-14-6-7-16(27)18(29)8-14/h2-11H,12-13H2,1H3,(H,31,33)/b22-11-. The zero-order valence-electron chi connectivity index (χ0n) is 19.6. The Labute approximate surface area is 242 Å². The van der Waals surface area contributed by atoms with Crippen LogP contribution in [0.25, 0.3) is 6.08 Å². The lowest BCUT2D eigenvalue weighted by atomic mass is 10.1. The van der Waals surface area contributed by atoms with Gasteiger partial charge in [-0.25, -0.2) is 0 Å². The third-order valence-corrected chi connectivity index (χ3v) is 7.50. The minimum absolute atomic E-state index is 0.0476. The van der Waals surface area contributed by atoms with Crippen molar-refractivity contribution in [3.63, 3.8) is 0 Å². The van der Waals surface area contributed by atoms with Crippen LogP contribution in [0.2, 0.25) is 20.1 Å². The van der Waals surface area contributed by atoms with Gasteiger partial charge < -0.3 is 14.8 Å². The molecule has 0 saturated carbocycles. The van der Waals surface area contributed by atoms with E-state index in [1.165, 1.54) is 13.2 Å². The molecule has 3 aromatic carbocycles. The fraction of sp³-hybridized carbons (Fsp3) is 0.115. The number of nitrogens with one attached hydrogen (secondary N) is 1. The van der Waals surface area contributed by atoms with E-state index in [9.17, 15) is 14.4 Å². The normalized spacial score (nSPS) is 14.2. The van der Waals surface area contributed by atoms with E-state index in [0.29, 0.717) is 31.9 Å². The molecule has 1 aliphatic rings. The Hall–Kier alpha value is -2.88. The number of carbonyl (C=O) groups is 3. The number of imide groups is 1. The Morgan fingerprint density at radius 2 is 1.74 bits per heavy atom. The lowest BCUT2D eigenvalue weighted by molar-refractivity contribution is -0.123. The first-order valence-electron chi connectivity index (χ1n) is 10.9. The van der Waals surface area contributed by atoms with E-state index in [4.69, 9.17) is 55.9 Å². The summed E-state index contributed by atoms with van der Waals surface area (Å²) in [5, 5.41) is 3.48. The van der Waals surface area contributed by atoms with Gasteiger partial charge in [0.25, 0.3) is 17.1 Å². The van der Waals surface area contributed by atoms with Gasteiger partial charge in [0.15, 0.2) is 18.1 Å². The van der Waals surface area contributed by atoms with Gasteiger partial charge in [0, 0.05) is 0 Å². The number of thioether (sulfide) groups is 1. The summed E-state index contributed by atoms with van der Waals surface area (Å²) >= 11 is 25.3. The summed E-state index contributed by atoms with van der Waals surface area (Å²) in [7, 11) is 1.41. The Kier molecular flexibility index (Phi) is 9.12. The Morgan fingerprint density at radius 3 is 2.45 bits per heavy atom. The van der Waals surface area contributed by atoms with E-state index in [0.717, 1.165) is 16.7 Å². The minimum atomic E-state index is -0.460. The van der Waals surface area contributed by atoms with Crippen LogP contribution in [-0.2, 0) is 16.1 Å². The van der Waals surface area contributed by atoms with Gasteiger partial charge in [-0.05, 0) is 65.4 Å². The third-order valence-electron chi connectivity index (χ3n) is 5.24. The van der Waals surface area contributed by atoms with Gasteiger partial charge in [-0.15, -0.1) is 0 Å². The average Bonchev–Trinajstić information content (AvgIpc) is 3.13. The molecule has 1 heterocycles. The van der Waals surface area contributed by atoms with E-state index in [2.05, 4.69) is 5.32 Å². The van der Waals surface area contributed by atoms with Crippen LogP contribution in [0.3, 0.4) is 0 Å². The summed E-state index contributed by atoms with van der Waals surface area (Å²) in [6.45, 7) is -0.305.